The van der Waals surface area contributed by atoms with E-state index in [9.17, 15) is 61.0 Å². The highest BCUT2D eigenvalue weighted by atomic mass is 16.8. The van der Waals surface area contributed by atoms with E-state index in [1.54, 1.807) is 0 Å². The van der Waals surface area contributed by atoms with Gasteiger partial charge in [-0.1, -0.05) is 67.0 Å². The Bertz CT molecular complexity index is 1830. The lowest BCUT2D eigenvalue weighted by Gasteiger charge is -2.72. The van der Waals surface area contributed by atoms with Gasteiger partial charge in [-0.2, -0.15) is 0 Å². The molecule has 0 aromatic carbocycles. The minimum absolute atomic E-state index is 0.0459. The van der Waals surface area contributed by atoms with Crippen LogP contribution in [0.25, 0.3) is 0 Å². The molecule has 66 heavy (non-hydrogen) atoms. The first-order chi connectivity index (χ1) is 30.6. The van der Waals surface area contributed by atoms with Crippen LogP contribution < -0.4 is 0 Å². The van der Waals surface area contributed by atoms with Crippen LogP contribution in [-0.2, 0) is 33.2 Å². The maximum absolute atomic E-state index is 12.5. The summed E-state index contributed by atoms with van der Waals surface area (Å²) in [6, 6.07) is 0. The number of hydrogen-bond acceptors (Lipinski definition) is 17. The molecule has 4 saturated carbocycles. The number of rotatable bonds is 8. The van der Waals surface area contributed by atoms with Crippen LogP contribution in [0.5, 0.6) is 0 Å². The van der Waals surface area contributed by atoms with Gasteiger partial charge in [-0.3, -0.25) is 0 Å². The maximum atomic E-state index is 12.5. The fourth-order valence-corrected chi connectivity index (χ4v) is 15.2. The molecule has 0 amide bonds. The lowest BCUT2D eigenvalue weighted by molar-refractivity contribution is -0.395. The summed E-state index contributed by atoms with van der Waals surface area (Å²) in [7, 11) is 0. The van der Waals surface area contributed by atoms with Crippen molar-refractivity contribution in [1.82, 2.24) is 0 Å². The first-order valence-electron chi connectivity index (χ1n) is 24.2. The predicted molar refractivity (Wildman–Crippen MR) is 231 cm³/mol. The van der Waals surface area contributed by atoms with Gasteiger partial charge in [0.05, 0.1) is 31.0 Å². The van der Waals surface area contributed by atoms with Gasteiger partial charge in [0.25, 0.3) is 0 Å². The number of carboxylic acid groups (broad SMARTS) is 1. The molecule has 25 atom stereocenters. The van der Waals surface area contributed by atoms with Crippen molar-refractivity contribution in [2.24, 2.45) is 50.2 Å². The number of carbonyl (C=O) groups is 1. The summed E-state index contributed by atoms with van der Waals surface area (Å²) in [6.07, 6.45) is -19.4. The molecule has 18 nitrogen and oxygen atoms in total. The Kier molecular flexibility index (Phi) is 13.4. The van der Waals surface area contributed by atoms with Gasteiger partial charge in [-0.05, 0) is 103 Å². The molecule has 3 heterocycles. The van der Waals surface area contributed by atoms with Crippen LogP contribution >= 0.6 is 0 Å². The van der Waals surface area contributed by atoms with E-state index in [-0.39, 0.29) is 39.4 Å². The van der Waals surface area contributed by atoms with E-state index in [4.69, 9.17) is 28.4 Å². The molecule has 3 saturated heterocycles. The molecule has 8 rings (SSSR count). The Labute approximate surface area is 387 Å². The number of aliphatic carboxylic acids is 1. The van der Waals surface area contributed by atoms with Crippen LogP contribution in [0.2, 0.25) is 0 Å². The fraction of sp³-hybridized carbons (Fsp3) is 0.938. The molecule has 0 bridgehead atoms. The zero-order chi connectivity index (χ0) is 48.6. The van der Waals surface area contributed by atoms with Crippen molar-refractivity contribution in [3.05, 3.63) is 11.6 Å². The minimum Gasteiger partial charge on any atom is -0.479 e. The van der Waals surface area contributed by atoms with E-state index in [1.165, 1.54) is 12.5 Å². The molecular weight excluding hydrogens is 865 g/mol. The van der Waals surface area contributed by atoms with Crippen molar-refractivity contribution < 1.29 is 89.4 Å². The summed E-state index contributed by atoms with van der Waals surface area (Å²) in [6.45, 7) is 18.5. The first kappa shape index (κ1) is 50.9. The van der Waals surface area contributed by atoms with Gasteiger partial charge in [0.2, 0.25) is 0 Å². The van der Waals surface area contributed by atoms with Crippen LogP contribution in [0.3, 0.4) is 0 Å². The SMILES string of the molecule is C[C@@H]1O[C@@H](O[C@H]2[C@H](O[C@H]3[C@H](O[C@H]4CC[C@]5(C)[C@H]6CC=C7[C@@H]8CC(C)(C)C[C@H](O)[C@]8(C)[C@@H](O)C[C@@]7(C)[C@]6(C)CC[C@H]5C4(C)C)O[C@H](C(=O)O)[C@@H](O)[C@@H]3O)O[C@H](CO)[C@H](O)[C@@H]2O)[C@H](O)[C@H](O)[C@H]1O. The van der Waals surface area contributed by atoms with Gasteiger partial charge in [0, 0.05) is 5.41 Å². The Morgan fingerprint density at radius 2 is 1.27 bits per heavy atom. The second-order valence-electron chi connectivity index (χ2n) is 23.8. The molecule has 0 aromatic rings. The van der Waals surface area contributed by atoms with Crippen LogP contribution in [0, 0.1) is 50.2 Å². The van der Waals surface area contributed by atoms with Gasteiger partial charge in [0.1, 0.15) is 61.0 Å². The molecule has 8 aliphatic rings. The summed E-state index contributed by atoms with van der Waals surface area (Å²) in [5.41, 5.74) is -0.618. The van der Waals surface area contributed by atoms with E-state index in [2.05, 4.69) is 61.5 Å². The minimum atomic E-state index is -2.04. The van der Waals surface area contributed by atoms with Gasteiger partial charge in [-0.25, -0.2) is 4.79 Å². The highest BCUT2D eigenvalue weighted by molar-refractivity contribution is 5.73. The van der Waals surface area contributed by atoms with E-state index in [0.717, 1.165) is 32.1 Å². The monoisotopic (exact) mass is 943 g/mol. The van der Waals surface area contributed by atoms with Crippen LogP contribution in [-0.4, -0.2) is 179 Å². The van der Waals surface area contributed by atoms with E-state index in [0.29, 0.717) is 19.3 Å². The fourth-order valence-electron chi connectivity index (χ4n) is 15.2. The van der Waals surface area contributed by atoms with Crippen molar-refractivity contribution in [2.45, 2.75) is 224 Å². The van der Waals surface area contributed by atoms with Gasteiger partial charge in [-0.15, -0.1) is 0 Å². The second-order valence-corrected chi connectivity index (χ2v) is 23.8. The van der Waals surface area contributed by atoms with E-state index < -0.39 is 134 Å². The number of allylic oxidation sites excluding steroid dienone is 2. The van der Waals surface area contributed by atoms with Crippen molar-refractivity contribution in [2.75, 3.05) is 6.61 Å². The highest BCUT2D eigenvalue weighted by Gasteiger charge is 2.71. The summed E-state index contributed by atoms with van der Waals surface area (Å²) in [5, 5.41) is 120. The quantitative estimate of drug-likeness (QED) is 0.118. The summed E-state index contributed by atoms with van der Waals surface area (Å²) in [4.78, 5) is 12.5. The molecule has 0 spiro atoms. The zero-order valence-electron chi connectivity index (χ0n) is 39.8. The molecular formula is C48H78O18. The molecule has 3 aliphatic heterocycles. The van der Waals surface area contributed by atoms with Crippen LogP contribution in [0.15, 0.2) is 11.6 Å². The Morgan fingerprint density at radius 3 is 1.91 bits per heavy atom. The van der Waals surface area contributed by atoms with Crippen LogP contribution in [0.1, 0.15) is 114 Å². The van der Waals surface area contributed by atoms with Gasteiger partial charge < -0.3 is 84.6 Å². The Morgan fingerprint density at radius 1 is 0.667 bits per heavy atom. The largest absolute Gasteiger partial charge is 0.479 e. The third-order valence-corrected chi connectivity index (χ3v) is 19.4. The Balaban J connectivity index is 1.07. The normalized spacial score (nSPS) is 55.6. The molecule has 0 aromatic heterocycles. The highest BCUT2D eigenvalue weighted by Crippen LogP contribution is 2.76. The van der Waals surface area contributed by atoms with Crippen molar-refractivity contribution in [1.29, 1.82) is 0 Å². The molecule has 0 unspecified atom stereocenters. The third-order valence-electron chi connectivity index (χ3n) is 19.4. The van der Waals surface area contributed by atoms with E-state index >= 15 is 0 Å². The van der Waals surface area contributed by atoms with Crippen molar-refractivity contribution in [3.63, 3.8) is 0 Å². The molecule has 5 aliphatic carbocycles. The first-order valence-corrected chi connectivity index (χ1v) is 24.2. The number of carboxylic acids is 1. The number of hydrogen-bond donors (Lipinski definition) is 11. The second kappa shape index (κ2) is 17.4. The molecule has 18 heteroatoms. The zero-order valence-corrected chi connectivity index (χ0v) is 39.8. The summed E-state index contributed by atoms with van der Waals surface area (Å²) < 4.78 is 36.3. The predicted octanol–water partition coefficient (Wildman–Crippen LogP) is 0.703. The maximum Gasteiger partial charge on any atom is 0.335 e. The number of ether oxygens (including phenoxy) is 6. The summed E-state index contributed by atoms with van der Waals surface area (Å²) >= 11 is 0. The number of fused-ring (bicyclic) bond motifs is 7. The number of aliphatic hydroxyl groups excluding tert-OH is 10. The van der Waals surface area contributed by atoms with Gasteiger partial charge in [0.15, 0.2) is 25.0 Å². The molecule has 378 valence electrons. The lowest BCUT2D eigenvalue weighted by Crippen LogP contribution is -2.68. The average Bonchev–Trinajstić information content (AvgIpc) is 3.23. The topological polar surface area (TPSA) is 295 Å². The average molecular weight is 943 g/mol. The number of aliphatic hydroxyl groups is 10. The Hall–Kier alpha value is -1.43. The molecule has 0 radical (unpaired) electrons. The van der Waals surface area contributed by atoms with E-state index in [1.807, 2.05) is 0 Å². The molecule has 11 N–H and O–H groups in total. The van der Waals surface area contributed by atoms with Crippen molar-refractivity contribution >= 4 is 5.97 Å². The lowest BCUT2D eigenvalue weighted by atomic mass is 9.33. The standard InChI is InChI=1S/C48H78O18/c1-20-29(52)31(54)35(58)40(61-20)65-37-32(55)30(53)23(19-49)62-41(37)66-38-34(57)33(56)36(39(59)60)64-42(38)63-28-13-14-45(6)24(44(28,4)5)12-15-46(7)25(45)11-10-21-22-16-43(2,3)17-26(50)48(22,9)27(51)18-47(21,46)8/h10,20,22-38,40-42,49-58H,11-19H2,1-9H3,(H,59,60)/t20-,22-,23+,24-,25+,26-,27-,28-,29-,30-,31+,32-,33-,34-,35+,36-,37+,38+,40-,41-,42+,45-,46+,47+,48+/m0/s1. The van der Waals surface area contributed by atoms with Crippen molar-refractivity contribution in [3.8, 4) is 0 Å². The van der Waals surface area contributed by atoms with Crippen LogP contribution in [0.4, 0.5) is 0 Å². The smallest absolute Gasteiger partial charge is 0.335 e. The third kappa shape index (κ3) is 7.69. The molecule has 7 fully saturated rings. The summed E-state index contributed by atoms with van der Waals surface area (Å²) in [5.74, 6) is -1.21. The van der Waals surface area contributed by atoms with Gasteiger partial charge >= 0.3 is 5.97 Å².